The molecular formula is C13H15BrO3. The first-order valence-corrected chi connectivity index (χ1v) is 6.54. The lowest BCUT2D eigenvalue weighted by atomic mass is 9.95. The number of carboxylic acids is 1. The summed E-state index contributed by atoms with van der Waals surface area (Å²) in [6.45, 7) is 1.77. The summed E-state index contributed by atoms with van der Waals surface area (Å²) in [6, 6.07) is 5.22. The molecule has 1 N–H and O–H groups in total. The Morgan fingerprint density at radius 3 is 2.71 bits per heavy atom. The number of rotatable bonds is 6. The Morgan fingerprint density at radius 1 is 1.53 bits per heavy atom. The van der Waals surface area contributed by atoms with E-state index in [2.05, 4.69) is 15.9 Å². The molecule has 0 spiro atoms. The van der Waals surface area contributed by atoms with Crippen molar-refractivity contribution in [3.63, 3.8) is 0 Å². The highest BCUT2D eigenvalue weighted by molar-refractivity contribution is 9.09. The van der Waals surface area contributed by atoms with Gasteiger partial charge in [-0.25, -0.2) is 4.79 Å². The normalized spacial score (nSPS) is 12.1. The fourth-order valence-corrected chi connectivity index (χ4v) is 2.34. The van der Waals surface area contributed by atoms with Crippen molar-refractivity contribution in [1.29, 1.82) is 0 Å². The standard InChI is InChI=1S/C13H15BrO3/c1-9-6-10(2-3-12(9)13(16)17)7-11(8-15)4-5-14/h2-3,6,8,11H,4-5,7H2,1H3,(H,16,17). The quantitative estimate of drug-likeness (QED) is 0.649. The van der Waals surface area contributed by atoms with Gasteiger partial charge >= 0.3 is 5.97 Å². The smallest absolute Gasteiger partial charge is 0.335 e. The first kappa shape index (κ1) is 13.9. The zero-order valence-corrected chi connectivity index (χ0v) is 11.2. The molecule has 1 rings (SSSR count). The van der Waals surface area contributed by atoms with Crippen molar-refractivity contribution < 1.29 is 14.7 Å². The zero-order chi connectivity index (χ0) is 12.8. The highest BCUT2D eigenvalue weighted by Crippen LogP contribution is 2.16. The number of alkyl halides is 1. The van der Waals surface area contributed by atoms with E-state index < -0.39 is 5.97 Å². The zero-order valence-electron chi connectivity index (χ0n) is 9.65. The third kappa shape index (κ3) is 3.97. The number of aromatic carboxylic acids is 1. The van der Waals surface area contributed by atoms with Crippen LogP contribution in [0.1, 0.15) is 27.9 Å². The summed E-state index contributed by atoms with van der Waals surface area (Å²) < 4.78 is 0. The maximum atomic E-state index is 10.9. The molecule has 1 aromatic rings. The molecule has 0 saturated heterocycles. The minimum Gasteiger partial charge on any atom is -0.478 e. The van der Waals surface area contributed by atoms with Crippen molar-refractivity contribution >= 4 is 28.2 Å². The van der Waals surface area contributed by atoms with Crippen LogP contribution in [-0.2, 0) is 11.2 Å². The van der Waals surface area contributed by atoms with E-state index in [1.165, 1.54) is 0 Å². The van der Waals surface area contributed by atoms with Crippen LogP contribution < -0.4 is 0 Å². The predicted octanol–water partition coefficient (Wildman–Crippen LogP) is 2.84. The third-order valence-corrected chi connectivity index (χ3v) is 3.15. The molecule has 1 atom stereocenters. The molecule has 0 fully saturated rings. The van der Waals surface area contributed by atoms with E-state index in [0.717, 1.165) is 29.2 Å². The molecule has 92 valence electrons. The Labute approximate surface area is 109 Å². The van der Waals surface area contributed by atoms with Gasteiger partial charge in [0.1, 0.15) is 6.29 Å². The van der Waals surface area contributed by atoms with E-state index >= 15 is 0 Å². The number of hydrogen-bond acceptors (Lipinski definition) is 2. The average Bonchev–Trinajstić information content (AvgIpc) is 2.28. The number of carboxylic acid groups (broad SMARTS) is 1. The van der Waals surface area contributed by atoms with Gasteiger partial charge in [0, 0.05) is 11.2 Å². The van der Waals surface area contributed by atoms with Crippen LogP contribution in [0.4, 0.5) is 0 Å². The molecular weight excluding hydrogens is 284 g/mol. The Hall–Kier alpha value is -1.16. The Balaban J connectivity index is 2.83. The molecule has 0 radical (unpaired) electrons. The van der Waals surface area contributed by atoms with Crippen LogP contribution >= 0.6 is 15.9 Å². The second-order valence-electron chi connectivity index (χ2n) is 4.03. The number of hydrogen-bond donors (Lipinski definition) is 1. The fraction of sp³-hybridized carbons (Fsp3) is 0.385. The van der Waals surface area contributed by atoms with Gasteiger partial charge in [-0.05, 0) is 37.0 Å². The lowest BCUT2D eigenvalue weighted by Gasteiger charge is -2.10. The van der Waals surface area contributed by atoms with Crippen LogP contribution in [0.15, 0.2) is 18.2 Å². The number of aryl methyl sites for hydroxylation is 1. The predicted molar refractivity (Wildman–Crippen MR) is 69.8 cm³/mol. The molecule has 1 aromatic carbocycles. The van der Waals surface area contributed by atoms with E-state index in [9.17, 15) is 9.59 Å². The van der Waals surface area contributed by atoms with Gasteiger partial charge in [-0.2, -0.15) is 0 Å². The molecule has 0 heterocycles. The van der Waals surface area contributed by atoms with Gasteiger partial charge in [-0.1, -0.05) is 28.1 Å². The van der Waals surface area contributed by atoms with Crippen LogP contribution in [0.5, 0.6) is 0 Å². The SMILES string of the molecule is Cc1cc(CC(C=O)CCBr)ccc1C(=O)O. The molecule has 0 amide bonds. The molecule has 4 heteroatoms. The maximum absolute atomic E-state index is 10.9. The third-order valence-electron chi connectivity index (χ3n) is 2.69. The number of halogens is 1. The van der Waals surface area contributed by atoms with Gasteiger partial charge in [-0.3, -0.25) is 0 Å². The van der Waals surface area contributed by atoms with E-state index in [4.69, 9.17) is 5.11 Å². The molecule has 0 aromatic heterocycles. The minimum atomic E-state index is -0.915. The lowest BCUT2D eigenvalue weighted by molar-refractivity contribution is -0.111. The number of carbonyl (C=O) groups is 2. The summed E-state index contributed by atoms with van der Waals surface area (Å²) in [5.41, 5.74) is 2.06. The summed E-state index contributed by atoms with van der Waals surface area (Å²) in [5.74, 6) is -0.925. The van der Waals surface area contributed by atoms with E-state index in [0.29, 0.717) is 12.0 Å². The molecule has 1 unspecified atom stereocenters. The molecule has 17 heavy (non-hydrogen) atoms. The van der Waals surface area contributed by atoms with Crippen molar-refractivity contribution in [3.8, 4) is 0 Å². The average molecular weight is 299 g/mol. The van der Waals surface area contributed by atoms with Crippen LogP contribution in [0.25, 0.3) is 0 Å². The van der Waals surface area contributed by atoms with E-state index in [-0.39, 0.29) is 5.92 Å². The van der Waals surface area contributed by atoms with Crippen molar-refractivity contribution in [2.75, 3.05) is 5.33 Å². The first-order chi connectivity index (χ1) is 8.08. The van der Waals surface area contributed by atoms with Crippen LogP contribution in [0.2, 0.25) is 0 Å². The molecule has 3 nitrogen and oxygen atoms in total. The fourth-order valence-electron chi connectivity index (χ4n) is 1.75. The Bertz CT molecular complexity index is 415. The summed E-state index contributed by atoms with van der Waals surface area (Å²) in [5, 5.41) is 9.70. The molecule has 0 bridgehead atoms. The van der Waals surface area contributed by atoms with Crippen LogP contribution in [0, 0.1) is 12.8 Å². The number of carbonyl (C=O) groups excluding carboxylic acids is 1. The molecule has 0 aliphatic rings. The number of aldehydes is 1. The van der Waals surface area contributed by atoms with Crippen LogP contribution in [-0.4, -0.2) is 22.7 Å². The number of benzene rings is 1. The van der Waals surface area contributed by atoms with Crippen LogP contribution in [0.3, 0.4) is 0 Å². The second-order valence-corrected chi connectivity index (χ2v) is 4.83. The van der Waals surface area contributed by atoms with Crippen molar-refractivity contribution in [2.24, 2.45) is 5.92 Å². The summed E-state index contributed by atoms with van der Waals surface area (Å²) >= 11 is 3.31. The highest BCUT2D eigenvalue weighted by Gasteiger charge is 2.11. The topological polar surface area (TPSA) is 54.4 Å². The summed E-state index contributed by atoms with van der Waals surface area (Å²) in [4.78, 5) is 21.7. The van der Waals surface area contributed by atoms with Gasteiger partial charge in [0.05, 0.1) is 5.56 Å². The van der Waals surface area contributed by atoms with Gasteiger partial charge in [0.15, 0.2) is 0 Å². The van der Waals surface area contributed by atoms with Gasteiger partial charge < -0.3 is 9.90 Å². The van der Waals surface area contributed by atoms with Gasteiger partial charge in [0.2, 0.25) is 0 Å². The van der Waals surface area contributed by atoms with E-state index in [1.807, 2.05) is 6.07 Å². The lowest BCUT2D eigenvalue weighted by Crippen LogP contribution is -2.08. The van der Waals surface area contributed by atoms with Crippen molar-refractivity contribution in [2.45, 2.75) is 19.8 Å². The Kier molecular flexibility index (Phi) is 5.35. The van der Waals surface area contributed by atoms with Gasteiger partial charge in [-0.15, -0.1) is 0 Å². The highest BCUT2D eigenvalue weighted by atomic mass is 79.9. The van der Waals surface area contributed by atoms with E-state index in [1.54, 1.807) is 19.1 Å². The van der Waals surface area contributed by atoms with Crippen molar-refractivity contribution in [1.82, 2.24) is 0 Å². The monoisotopic (exact) mass is 298 g/mol. The molecule has 0 aliphatic carbocycles. The largest absolute Gasteiger partial charge is 0.478 e. The molecule has 0 aliphatic heterocycles. The molecule has 0 saturated carbocycles. The summed E-state index contributed by atoms with van der Waals surface area (Å²) in [7, 11) is 0. The minimum absolute atomic E-state index is 0.00977. The first-order valence-electron chi connectivity index (χ1n) is 5.42. The Morgan fingerprint density at radius 2 is 2.24 bits per heavy atom. The van der Waals surface area contributed by atoms with Gasteiger partial charge in [0.25, 0.3) is 0 Å². The summed E-state index contributed by atoms with van der Waals surface area (Å²) in [6.07, 6.45) is 2.42. The van der Waals surface area contributed by atoms with Crippen molar-refractivity contribution in [3.05, 3.63) is 34.9 Å². The maximum Gasteiger partial charge on any atom is 0.335 e. The second kappa shape index (κ2) is 6.55.